The highest BCUT2D eigenvalue weighted by atomic mass is 16.5. The Bertz CT molecular complexity index is 1130. The smallest absolute Gasteiger partial charge is 0.342 e. The van der Waals surface area contributed by atoms with Crippen LogP contribution >= 0.6 is 0 Å². The number of fused-ring (bicyclic) bond motifs is 2. The molecule has 2 heterocycles. The highest BCUT2D eigenvalue weighted by molar-refractivity contribution is 5.98. The number of carbonyl (C=O) groups excluding carboxylic acids is 3. The molecule has 0 aromatic heterocycles. The molecule has 0 saturated carbocycles. The Hall–Kier alpha value is -3.61. The van der Waals surface area contributed by atoms with Gasteiger partial charge in [-0.05, 0) is 61.9 Å². The van der Waals surface area contributed by atoms with Gasteiger partial charge in [0.2, 0.25) is 0 Å². The lowest BCUT2D eigenvalue weighted by Gasteiger charge is -2.27. The van der Waals surface area contributed by atoms with Crippen LogP contribution in [0.15, 0.2) is 36.4 Å². The summed E-state index contributed by atoms with van der Waals surface area (Å²) in [4.78, 5) is 37.6. The second kappa shape index (κ2) is 10.1. The first kappa shape index (κ1) is 23.5. The van der Waals surface area contributed by atoms with Gasteiger partial charge in [-0.15, -0.1) is 0 Å². The Balaban J connectivity index is 1.81. The molecule has 2 aliphatic heterocycles. The van der Waals surface area contributed by atoms with E-state index in [1.165, 1.54) is 12.1 Å². The van der Waals surface area contributed by atoms with Crippen molar-refractivity contribution >= 4 is 23.8 Å². The van der Waals surface area contributed by atoms with Crippen molar-refractivity contribution in [2.24, 2.45) is 0 Å². The van der Waals surface area contributed by atoms with Gasteiger partial charge in [0.05, 0.1) is 12.5 Å². The third-order valence-electron chi connectivity index (χ3n) is 6.27. The minimum Gasteiger partial charge on any atom is -0.508 e. The summed E-state index contributed by atoms with van der Waals surface area (Å²) >= 11 is 0. The van der Waals surface area contributed by atoms with Crippen LogP contribution in [-0.2, 0) is 14.3 Å². The standard InChI is InChI=1S/C27H28O7/c1-16-6-5-9-19(28)8-4-2-3-7-18-14-22-25(26(31)24(18)27(32)33-16)21(15-23(30)34-22)17-10-12-20(29)13-11-17/h3,7,10-14,16,21,29,31H,2,4-6,8-9,15H2,1H3/b7-3+/t16-,21?/m0/s1. The van der Waals surface area contributed by atoms with Gasteiger partial charge < -0.3 is 19.7 Å². The molecule has 0 aliphatic carbocycles. The first-order chi connectivity index (χ1) is 16.3. The molecular formula is C27H28O7. The summed E-state index contributed by atoms with van der Waals surface area (Å²) in [5, 5.41) is 21.0. The predicted octanol–water partition coefficient (Wildman–Crippen LogP) is 5.02. The fraction of sp³-hybridized carbons (Fsp3) is 0.370. The number of phenolic OH excluding ortho intramolecular Hbond substituents is 2. The molecule has 178 valence electrons. The third-order valence-corrected chi connectivity index (χ3v) is 6.27. The van der Waals surface area contributed by atoms with Crippen molar-refractivity contribution in [2.45, 2.75) is 63.9 Å². The van der Waals surface area contributed by atoms with E-state index in [2.05, 4.69) is 0 Å². The lowest BCUT2D eigenvalue weighted by Crippen LogP contribution is -2.23. The van der Waals surface area contributed by atoms with Crippen LogP contribution in [0.1, 0.15) is 84.8 Å². The highest BCUT2D eigenvalue weighted by Gasteiger charge is 2.35. The van der Waals surface area contributed by atoms with Crippen LogP contribution in [-0.4, -0.2) is 34.0 Å². The second-order valence-electron chi connectivity index (χ2n) is 8.86. The van der Waals surface area contributed by atoms with Crippen LogP contribution < -0.4 is 4.74 Å². The number of ether oxygens (including phenoxy) is 2. The molecule has 1 unspecified atom stereocenters. The Kier molecular flexibility index (Phi) is 7.01. The van der Waals surface area contributed by atoms with Crippen LogP contribution in [0.5, 0.6) is 17.2 Å². The number of aromatic hydroxyl groups is 2. The first-order valence-electron chi connectivity index (χ1n) is 11.6. The number of cyclic esters (lactones) is 1. The molecule has 34 heavy (non-hydrogen) atoms. The zero-order valence-corrected chi connectivity index (χ0v) is 19.1. The zero-order valence-electron chi connectivity index (χ0n) is 19.1. The van der Waals surface area contributed by atoms with Crippen molar-refractivity contribution in [1.82, 2.24) is 0 Å². The Morgan fingerprint density at radius 1 is 1.00 bits per heavy atom. The Morgan fingerprint density at radius 2 is 1.74 bits per heavy atom. The fourth-order valence-electron chi connectivity index (χ4n) is 4.51. The number of hydrogen-bond acceptors (Lipinski definition) is 7. The second-order valence-corrected chi connectivity index (χ2v) is 8.86. The molecule has 2 N–H and O–H groups in total. The predicted molar refractivity (Wildman–Crippen MR) is 125 cm³/mol. The molecule has 2 aliphatic rings. The summed E-state index contributed by atoms with van der Waals surface area (Å²) in [5.74, 6) is -1.48. The SMILES string of the molecule is C[C@H]1CCCC(=O)CCC/C=C/c2cc3c(c(O)c2C(=O)O1)C(c1ccc(O)cc1)CC(=O)O3. The number of allylic oxidation sites excluding steroid dienone is 1. The maximum atomic E-state index is 13.2. The van der Waals surface area contributed by atoms with Gasteiger partial charge in [0.25, 0.3) is 0 Å². The quantitative estimate of drug-likeness (QED) is 0.450. The normalized spacial score (nSPS) is 22.6. The number of esters is 2. The third kappa shape index (κ3) is 5.14. The van der Waals surface area contributed by atoms with E-state index >= 15 is 0 Å². The molecule has 0 amide bonds. The lowest BCUT2D eigenvalue weighted by molar-refractivity contribution is -0.135. The average Bonchev–Trinajstić information content (AvgIpc) is 2.78. The van der Waals surface area contributed by atoms with E-state index in [4.69, 9.17) is 9.47 Å². The van der Waals surface area contributed by atoms with Crippen LogP contribution in [0.25, 0.3) is 6.08 Å². The lowest BCUT2D eigenvalue weighted by atomic mass is 9.83. The number of carbonyl (C=O) groups is 3. The van der Waals surface area contributed by atoms with Crippen LogP contribution in [0.4, 0.5) is 0 Å². The summed E-state index contributed by atoms with van der Waals surface area (Å²) < 4.78 is 11.1. The van der Waals surface area contributed by atoms with E-state index in [9.17, 15) is 24.6 Å². The Labute approximate surface area is 198 Å². The van der Waals surface area contributed by atoms with Crippen molar-refractivity contribution in [2.75, 3.05) is 0 Å². The molecule has 0 saturated heterocycles. The summed E-state index contributed by atoms with van der Waals surface area (Å²) in [7, 11) is 0. The van der Waals surface area contributed by atoms with Crippen molar-refractivity contribution in [3.8, 4) is 17.2 Å². The molecule has 0 fully saturated rings. The number of benzene rings is 2. The summed E-state index contributed by atoms with van der Waals surface area (Å²) in [6, 6.07) is 7.95. The maximum Gasteiger partial charge on any atom is 0.342 e. The maximum absolute atomic E-state index is 13.2. The van der Waals surface area contributed by atoms with Crippen molar-refractivity contribution in [1.29, 1.82) is 0 Å². The first-order valence-corrected chi connectivity index (χ1v) is 11.6. The van der Waals surface area contributed by atoms with E-state index < -0.39 is 24.0 Å². The molecule has 0 spiro atoms. The van der Waals surface area contributed by atoms with E-state index in [0.717, 1.165) is 0 Å². The van der Waals surface area contributed by atoms with Gasteiger partial charge >= 0.3 is 11.9 Å². The number of phenols is 2. The highest BCUT2D eigenvalue weighted by Crippen LogP contribution is 2.47. The molecule has 2 aromatic rings. The van der Waals surface area contributed by atoms with Gasteiger partial charge in [-0.25, -0.2) is 4.79 Å². The molecule has 0 radical (unpaired) electrons. The van der Waals surface area contributed by atoms with E-state index in [1.54, 1.807) is 31.2 Å². The Morgan fingerprint density at radius 3 is 2.50 bits per heavy atom. The minimum absolute atomic E-state index is 0.0144. The van der Waals surface area contributed by atoms with Gasteiger partial charge in [0.15, 0.2) is 0 Å². The van der Waals surface area contributed by atoms with Gasteiger partial charge in [-0.2, -0.15) is 0 Å². The van der Waals surface area contributed by atoms with E-state index in [-0.39, 0.29) is 35.0 Å². The molecule has 7 heteroatoms. The molecule has 2 atom stereocenters. The minimum atomic E-state index is -0.669. The molecule has 4 rings (SSSR count). The number of Topliss-reactive ketones (excluding diaryl/α,β-unsaturated/α-hetero) is 1. The van der Waals surface area contributed by atoms with Crippen molar-refractivity contribution in [3.05, 3.63) is 58.7 Å². The summed E-state index contributed by atoms with van der Waals surface area (Å²) in [6.45, 7) is 1.76. The monoisotopic (exact) mass is 464 g/mol. The fourth-order valence-corrected chi connectivity index (χ4v) is 4.51. The van der Waals surface area contributed by atoms with E-state index in [0.29, 0.717) is 55.2 Å². The number of rotatable bonds is 1. The molecule has 2 aromatic carbocycles. The van der Waals surface area contributed by atoms with E-state index in [1.807, 2.05) is 6.08 Å². The number of ketones is 1. The van der Waals surface area contributed by atoms with Crippen LogP contribution in [0.2, 0.25) is 0 Å². The molecule has 7 nitrogen and oxygen atoms in total. The van der Waals surface area contributed by atoms with Crippen molar-refractivity contribution < 1.29 is 34.1 Å². The van der Waals surface area contributed by atoms with Gasteiger partial charge in [0, 0.05) is 24.3 Å². The average molecular weight is 465 g/mol. The van der Waals surface area contributed by atoms with Crippen molar-refractivity contribution in [3.63, 3.8) is 0 Å². The van der Waals surface area contributed by atoms with Gasteiger partial charge in [-0.3, -0.25) is 9.59 Å². The van der Waals surface area contributed by atoms with Crippen LogP contribution in [0, 0.1) is 0 Å². The summed E-state index contributed by atoms with van der Waals surface area (Å²) in [5.41, 5.74) is 1.45. The number of hydrogen-bond donors (Lipinski definition) is 2. The largest absolute Gasteiger partial charge is 0.508 e. The topological polar surface area (TPSA) is 110 Å². The molecule has 0 bridgehead atoms. The van der Waals surface area contributed by atoms with Crippen LogP contribution in [0.3, 0.4) is 0 Å². The summed E-state index contributed by atoms with van der Waals surface area (Å²) in [6.07, 6.45) is 6.53. The molecular weight excluding hydrogens is 436 g/mol. The van der Waals surface area contributed by atoms with Gasteiger partial charge in [-0.1, -0.05) is 24.3 Å². The van der Waals surface area contributed by atoms with Gasteiger partial charge in [0.1, 0.15) is 28.6 Å². The zero-order chi connectivity index (χ0) is 24.2.